The van der Waals surface area contributed by atoms with Gasteiger partial charge >= 0.3 is 15.5 Å². The number of piperidine rings is 1. The Hall–Kier alpha value is -1.28. The number of rotatable bonds is 6. The predicted molar refractivity (Wildman–Crippen MR) is 128 cm³/mol. The van der Waals surface area contributed by atoms with Gasteiger partial charge in [-0.25, -0.2) is 8.42 Å². The van der Waals surface area contributed by atoms with Gasteiger partial charge in [-0.1, -0.05) is 6.07 Å². The number of halogens is 4. The number of aryl methyl sites for hydroxylation is 1. The first-order chi connectivity index (χ1) is 14.0. The van der Waals surface area contributed by atoms with Gasteiger partial charge < -0.3 is 15.5 Å². The van der Waals surface area contributed by atoms with Gasteiger partial charge in [-0.3, -0.25) is 4.99 Å². The number of hydrogen-bond donors (Lipinski definition) is 2. The van der Waals surface area contributed by atoms with E-state index >= 15 is 0 Å². The molecule has 178 valence electrons. The molecule has 0 aliphatic carbocycles. The minimum atomic E-state index is -5.24. The van der Waals surface area contributed by atoms with E-state index in [1.807, 2.05) is 32.0 Å². The molecule has 0 amide bonds. The number of anilines is 1. The molecule has 1 aliphatic rings. The van der Waals surface area contributed by atoms with Crippen LogP contribution in [0.25, 0.3) is 0 Å². The smallest absolute Gasteiger partial charge is 0.378 e. The molecule has 7 nitrogen and oxygen atoms in total. The van der Waals surface area contributed by atoms with E-state index in [2.05, 4.69) is 27.8 Å². The van der Waals surface area contributed by atoms with Gasteiger partial charge in [0.1, 0.15) is 0 Å². The monoisotopic (exact) mass is 577 g/mol. The van der Waals surface area contributed by atoms with Crippen molar-refractivity contribution >= 4 is 45.6 Å². The number of hydrogen-bond acceptors (Lipinski definition) is 4. The highest BCUT2D eigenvalue weighted by molar-refractivity contribution is 14.0. The van der Waals surface area contributed by atoms with Crippen molar-refractivity contribution in [1.82, 2.24) is 14.9 Å². The fraction of sp³-hybridized carbons (Fsp3) is 0.632. The maximum Gasteiger partial charge on any atom is 0.511 e. The molecule has 1 fully saturated rings. The zero-order valence-corrected chi connectivity index (χ0v) is 21.3. The third-order valence-electron chi connectivity index (χ3n) is 5.28. The van der Waals surface area contributed by atoms with E-state index in [0.29, 0.717) is 36.2 Å². The van der Waals surface area contributed by atoms with Gasteiger partial charge in [0.05, 0.1) is 0 Å². The molecule has 0 radical (unpaired) electrons. The average Bonchev–Trinajstić information content (AvgIpc) is 2.68. The Kier molecular flexibility index (Phi) is 10.3. The number of benzene rings is 1. The number of guanidine groups is 1. The van der Waals surface area contributed by atoms with Crippen molar-refractivity contribution in [2.24, 2.45) is 10.9 Å². The first-order valence-corrected chi connectivity index (χ1v) is 11.2. The van der Waals surface area contributed by atoms with E-state index in [-0.39, 0.29) is 43.0 Å². The molecule has 1 heterocycles. The van der Waals surface area contributed by atoms with Crippen LogP contribution in [0.1, 0.15) is 24.0 Å². The lowest BCUT2D eigenvalue weighted by atomic mass is 9.98. The molecular weight excluding hydrogens is 546 g/mol. The highest BCUT2D eigenvalue weighted by atomic mass is 127. The van der Waals surface area contributed by atoms with Crippen molar-refractivity contribution in [2.75, 3.05) is 45.7 Å². The quantitative estimate of drug-likeness (QED) is 0.309. The maximum absolute atomic E-state index is 12.7. The number of aliphatic imine (C=N–C) groups is 1. The minimum Gasteiger partial charge on any atom is -0.378 e. The molecule has 0 saturated carbocycles. The Labute approximate surface area is 199 Å². The average molecular weight is 577 g/mol. The van der Waals surface area contributed by atoms with Crippen molar-refractivity contribution in [3.05, 3.63) is 29.3 Å². The van der Waals surface area contributed by atoms with Gasteiger partial charge in [-0.2, -0.15) is 17.5 Å². The van der Waals surface area contributed by atoms with Gasteiger partial charge in [0.15, 0.2) is 5.96 Å². The summed E-state index contributed by atoms with van der Waals surface area (Å²) in [5.74, 6) is 0.667. The summed E-state index contributed by atoms with van der Waals surface area (Å²) in [6.45, 7) is 2.89. The molecule has 1 aromatic rings. The van der Waals surface area contributed by atoms with Crippen molar-refractivity contribution in [2.45, 2.75) is 31.8 Å². The van der Waals surface area contributed by atoms with Crippen LogP contribution in [-0.4, -0.2) is 65.0 Å². The van der Waals surface area contributed by atoms with Crippen molar-refractivity contribution in [3.63, 3.8) is 0 Å². The molecule has 0 unspecified atom stereocenters. The summed E-state index contributed by atoms with van der Waals surface area (Å²) >= 11 is 0. The molecule has 12 heteroatoms. The fourth-order valence-corrected chi connectivity index (χ4v) is 4.28. The molecule has 2 rings (SSSR count). The van der Waals surface area contributed by atoms with Gasteiger partial charge in [0.2, 0.25) is 0 Å². The Bertz CT molecular complexity index is 855. The fourth-order valence-electron chi connectivity index (χ4n) is 3.30. The van der Waals surface area contributed by atoms with Crippen LogP contribution in [0.4, 0.5) is 18.9 Å². The molecule has 0 aromatic heterocycles. The van der Waals surface area contributed by atoms with E-state index in [4.69, 9.17) is 0 Å². The molecule has 1 saturated heterocycles. The van der Waals surface area contributed by atoms with Crippen LogP contribution in [-0.2, 0) is 16.6 Å². The second-order valence-corrected chi connectivity index (χ2v) is 9.53. The van der Waals surface area contributed by atoms with E-state index in [1.165, 1.54) is 0 Å². The van der Waals surface area contributed by atoms with Crippen LogP contribution >= 0.6 is 24.0 Å². The van der Waals surface area contributed by atoms with Crippen LogP contribution in [0.15, 0.2) is 23.2 Å². The van der Waals surface area contributed by atoms with Crippen molar-refractivity contribution < 1.29 is 21.6 Å². The maximum atomic E-state index is 12.7. The van der Waals surface area contributed by atoms with Gasteiger partial charge in [-0.15, -0.1) is 24.0 Å². The number of sulfonamides is 1. The highest BCUT2D eigenvalue weighted by Gasteiger charge is 2.50. The van der Waals surface area contributed by atoms with E-state index in [0.717, 1.165) is 16.8 Å². The van der Waals surface area contributed by atoms with E-state index in [1.54, 1.807) is 7.05 Å². The second-order valence-electron chi connectivity index (χ2n) is 7.61. The molecule has 0 spiro atoms. The lowest BCUT2D eigenvalue weighted by Crippen LogP contribution is -2.47. The first-order valence-electron chi connectivity index (χ1n) is 9.73. The number of nitrogens with zero attached hydrogens (tertiary/aromatic N) is 3. The Morgan fingerprint density at radius 1 is 1.23 bits per heavy atom. The van der Waals surface area contributed by atoms with Crippen molar-refractivity contribution in [1.29, 1.82) is 0 Å². The second kappa shape index (κ2) is 11.5. The van der Waals surface area contributed by atoms with E-state index in [9.17, 15) is 21.6 Å². The van der Waals surface area contributed by atoms with E-state index < -0.39 is 15.5 Å². The summed E-state index contributed by atoms with van der Waals surface area (Å²) in [5, 5.41) is 6.42. The highest BCUT2D eigenvalue weighted by Crippen LogP contribution is 2.30. The lowest BCUT2D eigenvalue weighted by molar-refractivity contribution is -0.0496. The lowest BCUT2D eigenvalue weighted by Gasteiger charge is -2.31. The van der Waals surface area contributed by atoms with Gasteiger partial charge in [0.25, 0.3) is 0 Å². The molecular formula is C19H31F3IN5O2S. The molecule has 1 aromatic carbocycles. The molecule has 1 aliphatic heterocycles. The topological polar surface area (TPSA) is 77.0 Å². The first kappa shape index (κ1) is 27.8. The van der Waals surface area contributed by atoms with Gasteiger partial charge in [0, 0.05) is 53.0 Å². The molecule has 2 N–H and O–H groups in total. The molecule has 0 atom stereocenters. The largest absolute Gasteiger partial charge is 0.511 e. The Morgan fingerprint density at radius 2 is 1.84 bits per heavy atom. The summed E-state index contributed by atoms with van der Waals surface area (Å²) in [7, 11) is 0.387. The predicted octanol–water partition coefficient (Wildman–Crippen LogP) is 2.91. The van der Waals surface area contributed by atoms with Crippen LogP contribution in [0.3, 0.4) is 0 Å². The third-order valence-corrected chi connectivity index (χ3v) is 6.91. The minimum absolute atomic E-state index is 0. The summed E-state index contributed by atoms with van der Waals surface area (Å²) in [4.78, 5) is 6.22. The van der Waals surface area contributed by atoms with Crippen LogP contribution < -0.4 is 15.5 Å². The normalized spacial score (nSPS) is 16.5. The van der Waals surface area contributed by atoms with Gasteiger partial charge in [-0.05, 0) is 48.9 Å². The zero-order valence-electron chi connectivity index (χ0n) is 18.2. The SMILES string of the molecule is CN=C(NCc1ccc(N(C)C)cc1C)NCC1CCN(S(=O)(=O)C(F)(F)F)CC1.I. The summed E-state index contributed by atoms with van der Waals surface area (Å²) in [6.07, 6.45) is 0.731. The summed E-state index contributed by atoms with van der Waals surface area (Å²) < 4.78 is 61.5. The standard InChI is InChI=1S/C19H30F3N5O2S.HI/c1-14-11-17(26(3)4)6-5-16(14)13-25-18(23-2)24-12-15-7-9-27(10-8-15)30(28,29)19(20,21)22;/h5-6,11,15H,7-10,12-13H2,1-4H3,(H2,23,24,25);1H. The summed E-state index contributed by atoms with van der Waals surface area (Å²) in [5.41, 5.74) is -1.83. The molecule has 0 bridgehead atoms. The van der Waals surface area contributed by atoms with Crippen LogP contribution in [0.2, 0.25) is 0 Å². The van der Waals surface area contributed by atoms with Crippen LogP contribution in [0, 0.1) is 12.8 Å². The number of alkyl halides is 3. The Balaban J connectivity index is 0.00000480. The zero-order chi connectivity index (χ0) is 22.5. The Morgan fingerprint density at radius 3 is 2.32 bits per heavy atom. The molecule has 31 heavy (non-hydrogen) atoms. The third kappa shape index (κ3) is 7.38. The van der Waals surface area contributed by atoms with Crippen LogP contribution in [0.5, 0.6) is 0 Å². The van der Waals surface area contributed by atoms with Crippen molar-refractivity contribution in [3.8, 4) is 0 Å². The summed E-state index contributed by atoms with van der Waals surface area (Å²) in [6, 6.07) is 6.21. The number of nitrogens with one attached hydrogen (secondary N) is 2.